The molecule has 0 amide bonds. The Bertz CT molecular complexity index is 195. The van der Waals surface area contributed by atoms with E-state index in [-0.39, 0.29) is 0 Å². The van der Waals surface area contributed by atoms with Crippen molar-refractivity contribution < 1.29 is 0 Å². The summed E-state index contributed by atoms with van der Waals surface area (Å²) in [6, 6.07) is 0. The molecule has 0 N–H and O–H groups in total. The highest BCUT2D eigenvalue weighted by Crippen LogP contribution is 2.16. The third kappa shape index (κ3) is 4.62. The standard InChI is InChI=1S/C8H14Cl2N2/c1-6(2)5-11-7(9)8(10)12(3)4/h5-6H,1-4H3/b8-7-,11-5?. The van der Waals surface area contributed by atoms with Crippen LogP contribution in [-0.2, 0) is 0 Å². The average Bonchev–Trinajstić information content (AvgIpc) is 1.98. The van der Waals surface area contributed by atoms with E-state index in [0.717, 1.165) is 0 Å². The molecule has 0 saturated heterocycles. The maximum absolute atomic E-state index is 5.81. The van der Waals surface area contributed by atoms with Crippen molar-refractivity contribution in [3.05, 3.63) is 10.3 Å². The van der Waals surface area contributed by atoms with Crippen molar-refractivity contribution in [2.75, 3.05) is 14.1 Å². The van der Waals surface area contributed by atoms with Gasteiger partial charge >= 0.3 is 0 Å². The Labute approximate surface area is 83.9 Å². The van der Waals surface area contributed by atoms with Crippen molar-refractivity contribution in [1.82, 2.24) is 4.90 Å². The summed E-state index contributed by atoms with van der Waals surface area (Å²) in [4.78, 5) is 5.70. The SMILES string of the molecule is CC(C)C=N/C(Cl)=C(/Cl)N(C)C. The van der Waals surface area contributed by atoms with E-state index in [9.17, 15) is 0 Å². The number of halogens is 2. The van der Waals surface area contributed by atoms with Crippen LogP contribution in [0.15, 0.2) is 15.3 Å². The Hall–Kier alpha value is -0.210. The summed E-state index contributed by atoms with van der Waals surface area (Å²) in [5.41, 5.74) is 0. The van der Waals surface area contributed by atoms with Gasteiger partial charge in [0.05, 0.1) is 0 Å². The average molecular weight is 209 g/mol. The molecule has 12 heavy (non-hydrogen) atoms. The summed E-state index contributed by atoms with van der Waals surface area (Å²) >= 11 is 11.6. The molecule has 0 aromatic rings. The van der Waals surface area contributed by atoms with Gasteiger partial charge in [0.2, 0.25) is 0 Å². The zero-order chi connectivity index (χ0) is 9.72. The lowest BCUT2D eigenvalue weighted by Crippen LogP contribution is -2.07. The molecule has 0 unspecified atom stereocenters. The van der Waals surface area contributed by atoms with Gasteiger partial charge in [-0.1, -0.05) is 37.0 Å². The molecule has 0 heterocycles. The molecule has 0 aliphatic heterocycles. The van der Waals surface area contributed by atoms with Gasteiger partial charge in [0.1, 0.15) is 5.16 Å². The van der Waals surface area contributed by atoms with E-state index < -0.39 is 0 Å². The monoisotopic (exact) mass is 208 g/mol. The van der Waals surface area contributed by atoms with Crippen LogP contribution in [0.3, 0.4) is 0 Å². The molecule has 0 saturated carbocycles. The second kappa shape index (κ2) is 5.44. The van der Waals surface area contributed by atoms with Crippen LogP contribution >= 0.6 is 23.2 Å². The molecule has 0 aliphatic rings. The highest BCUT2D eigenvalue weighted by atomic mass is 35.5. The molecule has 0 aromatic heterocycles. The maximum atomic E-state index is 5.81. The normalized spacial score (nSPS) is 13.9. The van der Waals surface area contributed by atoms with Gasteiger partial charge in [-0.3, -0.25) is 0 Å². The number of nitrogens with zero attached hydrogens (tertiary/aromatic N) is 2. The maximum Gasteiger partial charge on any atom is 0.163 e. The Morgan fingerprint density at radius 1 is 1.33 bits per heavy atom. The Morgan fingerprint density at radius 3 is 2.17 bits per heavy atom. The summed E-state index contributed by atoms with van der Waals surface area (Å²) in [5, 5.41) is 0.781. The van der Waals surface area contributed by atoms with Crippen molar-refractivity contribution in [1.29, 1.82) is 0 Å². The fourth-order valence-electron chi connectivity index (χ4n) is 0.452. The van der Waals surface area contributed by atoms with Crippen LogP contribution in [0.25, 0.3) is 0 Å². The first-order valence-electron chi connectivity index (χ1n) is 3.72. The van der Waals surface area contributed by atoms with Crippen molar-refractivity contribution >= 4 is 29.4 Å². The van der Waals surface area contributed by atoms with E-state index in [2.05, 4.69) is 4.99 Å². The molecule has 70 valence electrons. The molecular weight excluding hydrogens is 195 g/mol. The molecule has 0 rings (SSSR count). The van der Waals surface area contributed by atoms with E-state index in [1.54, 1.807) is 11.1 Å². The third-order valence-corrected chi connectivity index (χ3v) is 1.94. The van der Waals surface area contributed by atoms with E-state index in [4.69, 9.17) is 23.2 Å². The molecule has 0 aromatic carbocycles. The lowest BCUT2D eigenvalue weighted by atomic mass is 10.3. The molecule has 0 radical (unpaired) electrons. The van der Waals surface area contributed by atoms with E-state index >= 15 is 0 Å². The molecule has 2 nitrogen and oxygen atoms in total. The van der Waals surface area contributed by atoms with Gasteiger partial charge in [0, 0.05) is 20.3 Å². The summed E-state index contributed by atoms with van der Waals surface area (Å²) in [6.45, 7) is 4.05. The van der Waals surface area contributed by atoms with Crippen LogP contribution in [-0.4, -0.2) is 25.2 Å². The van der Waals surface area contributed by atoms with Crippen molar-refractivity contribution in [2.24, 2.45) is 10.9 Å². The van der Waals surface area contributed by atoms with Gasteiger partial charge in [-0.2, -0.15) is 0 Å². The lowest BCUT2D eigenvalue weighted by Gasteiger charge is -2.10. The first-order chi connectivity index (χ1) is 5.45. The summed E-state index contributed by atoms with van der Waals surface area (Å²) in [7, 11) is 3.63. The van der Waals surface area contributed by atoms with Gasteiger partial charge in [-0.15, -0.1) is 0 Å². The predicted molar refractivity (Wildman–Crippen MR) is 55.7 cm³/mol. The summed E-state index contributed by atoms with van der Waals surface area (Å²) in [5.74, 6) is 0.380. The van der Waals surface area contributed by atoms with Crippen LogP contribution in [0.1, 0.15) is 13.8 Å². The lowest BCUT2D eigenvalue weighted by molar-refractivity contribution is 0.544. The van der Waals surface area contributed by atoms with E-state index in [1.807, 2.05) is 27.9 Å². The quantitative estimate of drug-likeness (QED) is 0.515. The zero-order valence-electron chi connectivity index (χ0n) is 7.81. The van der Waals surface area contributed by atoms with Crippen molar-refractivity contribution in [2.45, 2.75) is 13.8 Å². The number of aliphatic imine (C=N–C) groups is 1. The number of hydrogen-bond acceptors (Lipinski definition) is 2. The fraction of sp³-hybridized carbons (Fsp3) is 0.625. The van der Waals surface area contributed by atoms with Crippen LogP contribution in [0.4, 0.5) is 0 Å². The summed E-state index contributed by atoms with van der Waals surface area (Å²) in [6.07, 6.45) is 1.76. The summed E-state index contributed by atoms with van der Waals surface area (Å²) < 4.78 is 0. The van der Waals surface area contributed by atoms with Crippen molar-refractivity contribution in [3.8, 4) is 0 Å². The minimum Gasteiger partial charge on any atom is -0.366 e. The molecule has 0 aliphatic carbocycles. The van der Waals surface area contributed by atoms with E-state index in [1.165, 1.54) is 0 Å². The Kier molecular flexibility index (Phi) is 5.34. The minimum absolute atomic E-state index is 0.329. The minimum atomic E-state index is 0.329. The smallest absolute Gasteiger partial charge is 0.163 e. The topological polar surface area (TPSA) is 15.6 Å². The first kappa shape index (κ1) is 11.8. The Morgan fingerprint density at radius 2 is 1.83 bits per heavy atom. The molecule has 0 spiro atoms. The highest BCUT2D eigenvalue weighted by molar-refractivity contribution is 6.38. The number of rotatable bonds is 3. The van der Waals surface area contributed by atoms with Gasteiger partial charge in [0.15, 0.2) is 5.16 Å². The van der Waals surface area contributed by atoms with Gasteiger partial charge < -0.3 is 4.90 Å². The van der Waals surface area contributed by atoms with Crippen LogP contribution < -0.4 is 0 Å². The Balaban J connectivity index is 4.36. The number of hydrogen-bond donors (Lipinski definition) is 0. The molecule has 0 fully saturated rings. The predicted octanol–water partition coefficient (Wildman–Crippen LogP) is 2.88. The molecular formula is C8H14Cl2N2. The zero-order valence-corrected chi connectivity index (χ0v) is 9.32. The largest absolute Gasteiger partial charge is 0.366 e. The highest BCUT2D eigenvalue weighted by Gasteiger charge is 2.01. The van der Waals surface area contributed by atoms with Gasteiger partial charge in [-0.05, 0) is 5.92 Å². The van der Waals surface area contributed by atoms with Crippen LogP contribution in [0.5, 0.6) is 0 Å². The third-order valence-electron chi connectivity index (χ3n) is 1.05. The fourth-order valence-corrected chi connectivity index (χ4v) is 0.726. The van der Waals surface area contributed by atoms with Gasteiger partial charge in [0.25, 0.3) is 0 Å². The van der Waals surface area contributed by atoms with E-state index in [0.29, 0.717) is 16.2 Å². The molecule has 0 bridgehead atoms. The first-order valence-corrected chi connectivity index (χ1v) is 4.47. The molecule has 0 atom stereocenters. The second-order valence-electron chi connectivity index (χ2n) is 3.00. The van der Waals surface area contributed by atoms with Crippen LogP contribution in [0.2, 0.25) is 0 Å². The van der Waals surface area contributed by atoms with Crippen molar-refractivity contribution in [3.63, 3.8) is 0 Å². The second-order valence-corrected chi connectivity index (χ2v) is 3.71. The van der Waals surface area contributed by atoms with Crippen LogP contribution in [0, 0.1) is 5.92 Å². The van der Waals surface area contributed by atoms with Gasteiger partial charge in [-0.25, -0.2) is 4.99 Å². The molecule has 4 heteroatoms.